The molecular weight excluding hydrogens is 174 g/mol. The van der Waals surface area contributed by atoms with Crippen LogP contribution in [0.2, 0.25) is 0 Å². The monoisotopic (exact) mass is 183 g/mol. The standard InChI is InChI=1S/C9H10ClNO/c10-6-3-5-9(12)8-4-1-2-7-11-8/h1-2,4,7H,3,5-6H2. The zero-order valence-electron chi connectivity index (χ0n) is 6.66. The summed E-state index contributed by atoms with van der Waals surface area (Å²) >= 11 is 5.46. The van der Waals surface area contributed by atoms with Gasteiger partial charge in [-0.15, -0.1) is 11.6 Å². The number of aromatic nitrogens is 1. The summed E-state index contributed by atoms with van der Waals surface area (Å²) in [5.74, 6) is 0.592. The van der Waals surface area contributed by atoms with Gasteiger partial charge in [-0.2, -0.15) is 0 Å². The summed E-state index contributed by atoms with van der Waals surface area (Å²) in [5, 5.41) is 0. The van der Waals surface area contributed by atoms with Crippen LogP contribution in [0.25, 0.3) is 0 Å². The number of Topliss-reactive ketones (excluding diaryl/α,β-unsaturated/α-hetero) is 1. The second-order valence-corrected chi connectivity index (χ2v) is 2.81. The maximum atomic E-state index is 11.3. The van der Waals surface area contributed by atoms with Crippen LogP contribution in [0.4, 0.5) is 0 Å². The average Bonchev–Trinajstić information content (AvgIpc) is 2.15. The first kappa shape index (κ1) is 9.20. The van der Waals surface area contributed by atoms with Crippen LogP contribution >= 0.6 is 11.6 Å². The minimum absolute atomic E-state index is 0.0660. The first-order valence-electron chi connectivity index (χ1n) is 3.85. The predicted octanol–water partition coefficient (Wildman–Crippen LogP) is 2.28. The molecule has 0 amide bonds. The minimum Gasteiger partial charge on any atom is -0.292 e. The summed E-state index contributed by atoms with van der Waals surface area (Å²) in [4.78, 5) is 15.2. The molecule has 0 fully saturated rings. The highest BCUT2D eigenvalue weighted by atomic mass is 35.5. The summed E-state index contributed by atoms with van der Waals surface area (Å²) in [6.07, 6.45) is 2.82. The van der Waals surface area contributed by atoms with Crippen LogP contribution in [-0.4, -0.2) is 16.6 Å². The summed E-state index contributed by atoms with van der Waals surface area (Å²) < 4.78 is 0. The van der Waals surface area contributed by atoms with Crippen molar-refractivity contribution >= 4 is 17.4 Å². The van der Waals surface area contributed by atoms with Gasteiger partial charge in [0.1, 0.15) is 5.69 Å². The van der Waals surface area contributed by atoms with E-state index in [0.717, 1.165) is 6.42 Å². The van der Waals surface area contributed by atoms with Gasteiger partial charge >= 0.3 is 0 Å². The number of carbonyl (C=O) groups excluding carboxylic acids is 1. The van der Waals surface area contributed by atoms with E-state index in [4.69, 9.17) is 11.6 Å². The number of pyridine rings is 1. The van der Waals surface area contributed by atoms with E-state index >= 15 is 0 Å². The van der Waals surface area contributed by atoms with E-state index < -0.39 is 0 Å². The molecule has 1 aromatic rings. The third kappa shape index (κ3) is 2.62. The Hall–Kier alpha value is -0.890. The van der Waals surface area contributed by atoms with Crippen molar-refractivity contribution in [2.24, 2.45) is 0 Å². The molecule has 3 heteroatoms. The van der Waals surface area contributed by atoms with Crippen LogP contribution in [0.15, 0.2) is 24.4 Å². The second kappa shape index (κ2) is 4.88. The fourth-order valence-electron chi connectivity index (χ4n) is 0.883. The molecule has 1 heterocycles. The first-order chi connectivity index (χ1) is 5.84. The van der Waals surface area contributed by atoms with Crippen molar-refractivity contribution in [1.29, 1.82) is 0 Å². The number of nitrogens with zero attached hydrogens (tertiary/aromatic N) is 1. The molecule has 2 nitrogen and oxygen atoms in total. The zero-order chi connectivity index (χ0) is 8.81. The smallest absolute Gasteiger partial charge is 0.181 e. The molecule has 0 atom stereocenters. The van der Waals surface area contributed by atoms with Crippen LogP contribution in [0.3, 0.4) is 0 Å². The number of alkyl halides is 1. The van der Waals surface area contributed by atoms with E-state index in [1.807, 2.05) is 0 Å². The van der Waals surface area contributed by atoms with Gasteiger partial charge in [0.2, 0.25) is 0 Å². The molecule has 0 bridgehead atoms. The third-order valence-electron chi connectivity index (χ3n) is 1.49. The molecule has 1 rings (SSSR count). The quantitative estimate of drug-likeness (QED) is 0.530. The average molecular weight is 184 g/mol. The summed E-state index contributed by atoms with van der Waals surface area (Å²) in [6.45, 7) is 0. The van der Waals surface area contributed by atoms with Gasteiger partial charge in [-0.1, -0.05) is 6.07 Å². The molecule has 0 saturated carbocycles. The number of halogens is 1. The number of rotatable bonds is 4. The Kier molecular flexibility index (Phi) is 3.74. The lowest BCUT2D eigenvalue weighted by atomic mass is 10.2. The zero-order valence-corrected chi connectivity index (χ0v) is 7.42. The lowest BCUT2D eigenvalue weighted by molar-refractivity contribution is 0.0977. The summed E-state index contributed by atoms with van der Waals surface area (Å²) in [7, 11) is 0. The van der Waals surface area contributed by atoms with Crippen LogP contribution < -0.4 is 0 Å². The highest BCUT2D eigenvalue weighted by molar-refractivity contribution is 6.18. The molecule has 0 spiro atoms. The fraction of sp³-hybridized carbons (Fsp3) is 0.333. The molecule has 0 unspecified atom stereocenters. The van der Waals surface area contributed by atoms with E-state index in [0.29, 0.717) is 18.0 Å². The molecule has 12 heavy (non-hydrogen) atoms. The molecule has 0 aliphatic rings. The Morgan fingerprint density at radius 3 is 2.92 bits per heavy atom. The van der Waals surface area contributed by atoms with Gasteiger partial charge in [0.05, 0.1) is 0 Å². The van der Waals surface area contributed by atoms with Crippen LogP contribution in [0.1, 0.15) is 23.3 Å². The predicted molar refractivity (Wildman–Crippen MR) is 48.5 cm³/mol. The van der Waals surface area contributed by atoms with Gasteiger partial charge in [0.25, 0.3) is 0 Å². The van der Waals surface area contributed by atoms with Crippen molar-refractivity contribution in [2.75, 3.05) is 5.88 Å². The molecule has 0 aliphatic heterocycles. The molecule has 0 aromatic carbocycles. The van der Waals surface area contributed by atoms with E-state index in [1.165, 1.54) is 0 Å². The maximum Gasteiger partial charge on any atom is 0.181 e. The lowest BCUT2D eigenvalue weighted by Crippen LogP contribution is -2.01. The van der Waals surface area contributed by atoms with Crippen molar-refractivity contribution in [2.45, 2.75) is 12.8 Å². The molecule has 1 aromatic heterocycles. The van der Waals surface area contributed by atoms with Crippen LogP contribution in [-0.2, 0) is 0 Å². The van der Waals surface area contributed by atoms with Crippen LogP contribution in [0.5, 0.6) is 0 Å². The van der Waals surface area contributed by atoms with Crippen molar-refractivity contribution < 1.29 is 4.79 Å². The highest BCUT2D eigenvalue weighted by Crippen LogP contribution is 2.02. The lowest BCUT2D eigenvalue weighted by Gasteiger charge is -1.96. The highest BCUT2D eigenvalue weighted by Gasteiger charge is 2.04. The van der Waals surface area contributed by atoms with E-state index in [1.54, 1.807) is 24.4 Å². The number of hydrogen-bond donors (Lipinski definition) is 0. The molecule has 0 N–H and O–H groups in total. The molecule has 0 aliphatic carbocycles. The third-order valence-corrected chi connectivity index (χ3v) is 1.76. The van der Waals surface area contributed by atoms with Gasteiger partial charge in [-0.05, 0) is 18.6 Å². The number of ketones is 1. The van der Waals surface area contributed by atoms with Gasteiger partial charge < -0.3 is 0 Å². The Bertz CT molecular complexity index is 248. The fourth-order valence-corrected chi connectivity index (χ4v) is 1.02. The first-order valence-corrected chi connectivity index (χ1v) is 4.38. The van der Waals surface area contributed by atoms with Gasteiger partial charge in [-0.3, -0.25) is 9.78 Å². The van der Waals surface area contributed by atoms with Crippen LogP contribution in [0, 0.1) is 0 Å². The van der Waals surface area contributed by atoms with E-state index in [9.17, 15) is 4.79 Å². The van der Waals surface area contributed by atoms with Crippen molar-refractivity contribution in [3.05, 3.63) is 30.1 Å². The van der Waals surface area contributed by atoms with Gasteiger partial charge in [0.15, 0.2) is 5.78 Å². The van der Waals surface area contributed by atoms with Gasteiger partial charge in [-0.25, -0.2) is 0 Å². The van der Waals surface area contributed by atoms with Gasteiger partial charge in [0, 0.05) is 18.5 Å². The molecule has 64 valence electrons. The maximum absolute atomic E-state index is 11.3. The van der Waals surface area contributed by atoms with Crippen molar-refractivity contribution in [3.8, 4) is 0 Å². The van der Waals surface area contributed by atoms with E-state index in [-0.39, 0.29) is 5.78 Å². The topological polar surface area (TPSA) is 30.0 Å². The molecule has 0 saturated heterocycles. The van der Waals surface area contributed by atoms with Crippen molar-refractivity contribution in [1.82, 2.24) is 4.98 Å². The minimum atomic E-state index is 0.0660. The molecule has 0 radical (unpaired) electrons. The molecular formula is C9H10ClNO. The SMILES string of the molecule is O=C(CCCCl)c1ccccn1. The largest absolute Gasteiger partial charge is 0.292 e. The number of hydrogen-bond acceptors (Lipinski definition) is 2. The Morgan fingerprint density at radius 2 is 2.33 bits per heavy atom. The Morgan fingerprint density at radius 1 is 1.50 bits per heavy atom. The summed E-state index contributed by atoms with van der Waals surface area (Å²) in [5.41, 5.74) is 0.530. The second-order valence-electron chi connectivity index (χ2n) is 2.43. The van der Waals surface area contributed by atoms with E-state index in [2.05, 4.69) is 4.98 Å². The Balaban J connectivity index is 2.54. The Labute approximate surface area is 76.6 Å². The normalized spacial score (nSPS) is 9.75. The van der Waals surface area contributed by atoms with Crippen molar-refractivity contribution in [3.63, 3.8) is 0 Å². The summed E-state index contributed by atoms with van der Waals surface area (Å²) in [6, 6.07) is 5.32. The number of carbonyl (C=O) groups is 1.